The van der Waals surface area contributed by atoms with Crippen molar-refractivity contribution in [1.29, 1.82) is 0 Å². The van der Waals surface area contributed by atoms with Crippen molar-refractivity contribution in [3.8, 4) is 0 Å². The molecule has 0 saturated carbocycles. The van der Waals surface area contributed by atoms with Crippen LogP contribution in [0.5, 0.6) is 0 Å². The van der Waals surface area contributed by atoms with Gasteiger partial charge in [-0.2, -0.15) is 0 Å². The minimum atomic E-state index is -0.879. The van der Waals surface area contributed by atoms with Crippen molar-refractivity contribution < 1.29 is 14.4 Å². The number of fused-ring (bicyclic) bond motifs is 1. The molecule has 94 valence electrons. The first-order chi connectivity index (χ1) is 8.57. The van der Waals surface area contributed by atoms with Gasteiger partial charge in [0, 0.05) is 0 Å². The Morgan fingerprint density at radius 1 is 1.28 bits per heavy atom. The fourth-order valence-electron chi connectivity index (χ4n) is 1.89. The van der Waals surface area contributed by atoms with E-state index in [1.165, 1.54) is 6.92 Å². The third-order valence-corrected chi connectivity index (χ3v) is 2.97. The molecule has 6 heteroatoms. The van der Waals surface area contributed by atoms with E-state index in [4.69, 9.17) is 11.6 Å². The van der Waals surface area contributed by atoms with E-state index in [2.05, 4.69) is 5.32 Å². The molecule has 0 bridgehead atoms. The zero-order chi connectivity index (χ0) is 13.3. The van der Waals surface area contributed by atoms with Gasteiger partial charge in [0.2, 0.25) is 5.91 Å². The summed E-state index contributed by atoms with van der Waals surface area (Å²) in [7, 11) is 0. The number of nitrogens with one attached hydrogen (secondary N) is 1. The molecular weight excluding hydrogens is 256 g/mol. The van der Waals surface area contributed by atoms with Crippen molar-refractivity contribution in [3.63, 3.8) is 0 Å². The monoisotopic (exact) mass is 266 g/mol. The van der Waals surface area contributed by atoms with Crippen LogP contribution in [0.3, 0.4) is 0 Å². The molecule has 0 aliphatic carbocycles. The number of carbonyl (C=O) groups is 3. The average molecular weight is 267 g/mol. The highest BCUT2D eigenvalue weighted by Gasteiger charge is 2.40. The molecule has 0 saturated heterocycles. The van der Waals surface area contributed by atoms with Gasteiger partial charge >= 0.3 is 0 Å². The van der Waals surface area contributed by atoms with Crippen molar-refractivity contribution >= 4 is 29.3 Å². The number of hydrogen-bond donors (Lipinski definition) is 1. The Labute approximate surface area is 109 Å². The summed E-state index contributed by atoms with van der Waals surface area (Å²) in [5, 5.41) is 2.37. The Morgan fingerprint density at radius 3 is 2.22 bits per heavy atom. The summed E-state index contributed by atoms with van der Waals surface area (Å²) in [5.41, 5.74) is 0.654. The minimum absolute atomic E-state index is 0.0632. The van der Waals surface area contributed by atoms with E-state index < -0.39 is 23.8 Å². The lowest BCUT2D eigenvalue weighted by Crippen LogP contribution is -2.47. The molecule has 5 nitrogen and oxygen atoms in total. The predicted octanol–water partition coefficient (Wildman–Crippen LogP) is 0.984. The molecule has 1 aromatic carbocycles. The molecule has 0 fully saturated rings. The van der Waals surface area contributed by atoms with Gasteiger partial charge in [0.15, 0.2) is 0 Å². The van der Waals surface area contributed by atoms with Crippen LogP contribution in [0.2, 0.25) is 0 Å². The van der Waals surface area contributed by atoms with Gasteiger partial charge in [-0.3, -0.25) is 19.3 Å². The van der Waals surface area contributed by atoms with Crippen LogP contribution in [-0.2, 0) is 4.79 Å². The van der Waals surface area contributed by atoms with Crippen LogP contribution < -0.4 is 5.32 Å². The molecule has 1 aliphatic rings. The zero-order valence-corrected chi connectivity index (χ0v) is 10.4. The molecule has 2 rings (SSSR count). The molecule has 1 unspecified atom stereocenters. The first-order valence-corrected chi connectivity index (χ1v) is 5.92. The van der Waals surface area contributed by atoms with Crippen LogP contribution in [-0.4, -0.2) is 34.7 Å². The molecule has 0 radical (unpaired) electrons. The van der Waals surface area contributed by atoms with E-state index in [0.29, 0.717) is 11.1 Å². The summed E-state index contributed by atoms with van der Waals surface area (Å²) in [6, 6.07) is 5.56. The number of carbonyl (C=O) groups excluding carboxylic acids is 3. The van der Waals surface area contributed by atoms with Crippen molar-refractivity contribution in [2.75, 3.05) is 6.00 Å². The Balaban J connectivity index is 2.31. The maximum atomic E-state index is 12.0. The number of nitrogens with zero attached hydrogens (tertiary/aromatic N) is 1. The van der Waals surface area contributed by atoms with E-state index in [-0.39, 0.29) is 6.00 Å². The van der Waals surface area contributed by atoms with E-state index >= 15 is 0 Å². The molecule has 0 aromatic heterocycles. The Hall–Kier alpha value is -1.88. The van der Waals surface area contributed by atoms with Crippen LogP contribution in [0.25, 0.3) is 0 Å². The van der Waals surface area contributed by atoms with Gasteiger partial charge in [0.05, 0.1) is 17.1 Å². The molecule has 0 spiro atoms. The van der Waals surface area contributed by atoms with Gasteiger partial charge in [-0.15, -0.1) is 11.6 Å². The minimum Gasteiger partial charge on any atom is -0.341 e. The summed E-state index contributed by atoms with van der Waals surface area (Å²) in [5.74, 6) is -1.36. The fourth-order valence-corrected chi connectivity index (χ4v) is 2.02. The van der Waals surface area contributed by atoms with E-state index in [1.54, 1.807) is 24.3 Å². The largest absolute Gasteiger partial charge is 0.341 e. The lowest BCUT2D eigenvalue weighted by Gasteiger charge is -2.20. The van der Waals surface area contributed by atoms with Crippen LogP contribution in [0.1, 0.15) is 27.6 Å². The predicted molar refractivity (Wildman–Crippen MR) is 65.3 cm³/mol. The molecular formula is C12H11ClN2O3. The Kier molecular flexibility index (Phi) is 3.34. The molecule has 1 aromatic rings. The third kappa shape index (κ3) is 1.86. The van der Waals surface area contributed by atoms with Crippen LogP contribution in [0, 0.1) is 0 Å². The lowest BCUT2D eigenvalue weighted by molar-refractivity contribution is -0.124. The number of rotatable bonds is 3. The van der Waals surface area contributed by atoms with Crippen molar-refractivity contribution in [2.45, 2.75) is 13.0 Å². The number of imide groups is 1. The van der Waals surface area contributed by atoms with Gasteiger partial charge in [0.1, 0.15) is 6.04 Å². The number of benzene rings is 1. The highest BCUT2D eigenvalue weighted by Crippen LogP contribution is 2.24. The summed E-state index contributed by atoms with van der Waals surface area (Å²) in [4.78, 5) is 36.7. The maximum Gasteiger partial charge on any atom is 0.262 e. The van der Waals surface area contributed by atoms with E-state index in [0.717, 1.165) is 4.90 Å². The quantitative estimate of drug-likeness (QED) is 0.504. The normalized spacial score (nSPS) is 15.6. The van der Waals surface area contributed by atoms with Gasteiger partial charge in [-0.05, 0) is 19.1 Å². The van der Waals surface area contributed by atoms with Gasteiger partial charge in [0.25, 0.3) is 11.8 Å². The smallest absolute Gasteiger partial charge is 0.262 e. The van der Waals surface area contributed by atoms with Crippen molar-refractivity contribution in [2.24, 2.45) is 0 Å². The summed E-state index contributed by atoms with van der Waals surface area (Å²) < 4.78 is 0. The summed E-state index contributed by atoms with van der Waals surface area (Å²) in [6.45, 7) is 1.49. The highest BCUT2D eigenvalue weighted by atomic mass is 35.5. The van der Waals surface area contributed by atoms with E-state index in [9.17, 15) is 14.4 Å². The highest BCUT2D eigenvalue weighted by molar-refractivity contribution is 6.23. The molecule has 1 heterocycles. The molecule has 3 amide bonds. The van der Waals surface area contributed by atoms with Crippen LogP contribution in [0.4, 0.5) is 0 Å². The van der Waals surface area contributed by atoms with Gasteiger partial charge in [-0.1, -0.05) is 12.1 Å². The SMILES string of the molecule is CC(C(=O)NCCl)N1C(=O)c2ccccc2C1=O. The second-order valence-electron chi connectivity index (χ2n) is 3.88. The lowest BCUT2D eigenvalue weighted by atomic mass is 10.1. The van der Waals surface area contributed by atoms with Crippen LogP contribution >= 0.6 is 11.6 Å². The average Bonchev–Trinajstić information content (AvgIpc) is 2.62. The van der Waals surface area contributed by atoms with Crippen molar-refractivity contribution in [1.82, 2.24) is 10.2 Å². The first kappa shape index (κ1) is 12.6. The zero-order valence-electron chi connectivity index (χ0n) is 9.64. The van der Waals surface area contributed by atoms with Gasteiger partial charge < -0.3 is 5.32 Å². The summed E-state index contributed by atoms with van der Waals surface area (Å²) >= 11 is 5.39. The number of hydrogen-bond acceptors (Lipinski definition) is 3. The molecule has 1 atom stereocenters. The topological polar surface area (TPSA) is 66.5 Å². The second kappa shape index (κ2) is 4.78. The molecule has 18 heavy (non-hydrogen) atoms. The Morgan fingerprint density at radius 2 is 1.78 bits per heavy atom. The summed E-state index contributed by atoms with van der Waals surface area (Å²) in [6.07, 6.45) is 0. The number of halogens is 1. The second-order valence-corrected chi connectivity index (χ2v) is 4.14. The Bertz CT molecular complexity index is 495. The molecule has 1 aliphatic heterocycles. The maximum absolute atomic E-state index is 12.0. The first-order valence-electron chi connectivity index (χ1n) is 5.38. The standard InChI is InChI=1S/C12H11ClN2O3/c1-7(10(16)14-6-13)15-11(17)8-4-2-3-5-9(8)12(15)18/h2-5,7H,6H2,1H3,(H,14,16). The molecule has 1 N–H and O–H groups in total. The number of alkyl halides is 1. The van der Waals surface area contributed by atoms with Crippen molar-refractivity contribution in [3.05, 3.63) is 35.4 Å². The number of amides is 3. The van der Waals surface area contributed by atoms with Gasteiger partial charge in [-0.25, -0.2) is 0 Å². The van der Waals surface area contributed by atoms with Crippen LogP contribution in [0.15, 0.2) is 24.3 Å². The van der Waals surface area contributed by atoms with E-state index in [1.807, 2.05) is 0 Å². The third-order valence-electron chi connectivity index (χ3n) is 2.83. The fraction of sp³-hybridized carbons (Fsp3) is 0.250.